The van der Waals surface area contributed by atoms with Gasteiger partial charge in [-0.25, -0.2) is 0 Å². The van der Waals surface area contributed by atoms with E-state index in [2.05, 4.69) is 26.5 Å². The van der Waals surface area contributed by atoms with Crippen LogP contribution in [0.3, 0.4) is 0 Å². The van der Waals surface area contributed by atoms with Crippen LogP contribution in [0.4, 0.5) is 0 Å². The number of carbonyl (C=O) groups excluding carboxylic acids is 1. The molecule has 2 atom stereocenters. The topological polar surface area (TPSA) is 17.1 Å². The van der Waals surface area contributed by atoms with Gasteiger partial charge in [0.15, 0.2) is 0 Å². The van der Waals surface area contributed by atoms with Crippen LogP contribution in [-0.4, -0.2) is 6.29 Å². The van der Waals surface area contributed by atoms with Crippen molar-refractivity contribution in [1.82, 2.24) is 0 Å². The fourth-order valence-electron chi connectivity index (χ4n) is 3.74. The Kier molecular flexibility index (Phi) is 3.05. The molecule has 2 aliphatic rings. The van der Waals surface area contributed by atoms with E-state index in [0.29, 0.717) is 5.41 Å². The Balaban J connectivity index is 2.26. The lowest BCUT2D eigenvalue weighted by molar-refractivity contribution is -0.105. The van der Waals surface area contributed by atoms with Crippen LogP contribution in [-0.2, 0) is 4.79 Å². The monoisotopic (exact) mass is 218 g/mol. The molecular formula is C15H22O. The van der Waals surface area contributed by atoms with E-state index in [1.807, 2.05) is 0 Å². The van der Waals surface area contributed by atoms with Gasteiger partial charge in [-0.1, -0.05) is 32.1 Å². The SMILES string of the molecule is C=C1CC[C@@H](C(C)C)[C@]12CC=C(C=O)CC2. The zero-order valence-corrected chi connectivity index (χ0v) is 10.5. The molecule has 0 heterocycles. The molecule has 1 fully saturated rings. The third-order valence-electron chi connectivity index (χ3n) is 4.72. The van der Waals surface area contributed by atoms with Crippen LogP contribution < -0.4 is 0 Å². The highest BCUT2D eigenvalue weighted by Crippen LogP contribution is 2.57. The van der Waals surface area contributed by atoms with Crippen molar-refractivity contribution in [1.29, 1.82) is 0 Å². The Bertz CT molecular complexity index is 337. The molecule has 2 rings (SSSR count). The van der Waals surface area contributed by atoms with Gasteiger partial charge in [-0.15, -0.1) is 0 Å². The van der Waals surface area contributed by atoms with E-state index in [9.17, 15) is 4.79 Å². The second-order valence-electron chi connectivity index (χ2n) is 5.75. The van der Waals surface area contributed by atoms with E-state index in [-0.39, 0.29) is 0 Å². The van der Waals surface area contributed by atoms with Gasteiger partial charge in [-0.3, -0.25) is 4.79 Å². The van der Waals surface area contributed by atoms with Gasteiger partial charge in [0.05, 0.1) is 0 Å². The van der Waals surface area contributed by atoms with Gasteiger partial charge >= 0.3 is 0 Å². The Hall–Kier alpha value is -0.850. The predicted octanol–water partition coefficient (Wildman–Crippen LogP) is 3.90. The van der Waals surface area contributed by atoms with E-state index in [1.165, 1.54) is 18.4 Å². The van der Waals surface area contributed by atoms with Crippen LogP contribution in [0.1, 0.15) is 46.0 Å². The van der Waals surface area contributed by atoms with Crippen LogP contribution in [0, 0.1) is 17.3 Å². The maximum atomic E-state index is 10.8. The molecule has 1 saturated carbocycles. The number of carbonyl (C=O) groups is 1. The van der Waals surface area contributed by atoms with Crippen molar-refractivity contribution in [2.75, 3.05) is 0 Å². The summed E-state index contributed by atoms with van der Waals surface area (Å²) in [4.78, 5) is 10.8. The van der Waals surface area contributed by atoms with Crippen molar-refractivity contribution < 1.29 is 4.79 Å². The minimum atomic E-state index is 0.320. The predicted molar refractivity (Wildman–Crippen MR) is 67.1 cm³/mol. The lowest BCUT2D eigenvalue weighted by Gasteiger charge is -2.40. The Morgan fingerprint density at radius 1 is 1.50 bits per heavy atom. The normalized spacial score (nSPS) is 34.6. The van der Waals surface area contributed by atoms with Crippen LogP contribution >= 0.6 is 0 Å². The lowest BCUT2D eigenvalue weighted by Crippen LogP contribution is -2.32. The van der Waals surface area contributed by atoms with Crippen LogP contribution in [0.25, 0.3) is 0 Å². The lowest BCUT2D eigenvalue weighted by atomic mass is 9.63. The maximum absolute atomic E-state index is 10.8. The summed E-state index contributed by atoms with van der Waals surface area (Å²) >= 11 is 0. The van der Waals surface area contributed by atoms with Crippen LogP contribution in [0.2, 0.25) is 0 Å². The highest BCUT2D eigenvalue weighted by Gasteiger charge is 2.46. The summed E-state index contributed by atoms with van der Waals surface area (Å²) < 4.78 is 0. The average Bonchev–Trinajstić information content (AvgIpc) is 2.58. The van der Waals surface area contributed by atoms with E-state index in [0.717, 1.165) is 43.0 Å². The summed E-state index contributed by atoms with van der Waals surface area (Å²) in [7, 11) is 0. The number of rotatable bonds is 2. The Morgan fingerprint density at radius 2 is 2.25 bits per heavy atom. The molecule has 16 heavy (non-hydrogen) atoms. The van der Waals surface area contributed by atoms with Crippen molar-refractivity contribution >= 4 is 6.29 Å². The van der Waals surface area contributed by atoms with Gasteiger partial charge in [-0.2, -0.15) is 0 Å². The van der Waals surface area contributed by atoms with Gasteiger partial charge in [-0.05, 0) is 54.9 Å². The molecular weight excluding hydrogens is 196 g/mol. The molecule has 1 heteroatoms. The van der Waals surface area contributed by atoms with Gasteiger partial charge in [0.1, 0.15) is 6.29 Å². The van der Waals surface area contributed by atoms with E-state index in [4.69, 9.17) is 0 Å². The molecule has 0 aromatic carbocycles. The molecule has 0 aromatic heterocycles. The van der Waals surface area contributed by atoms with Crippen molar-refractivity contribution in [3.63, 3.8) is 0 Å². The summed E-state index contributed by atoms with van der Waals surface area (Å²) in [6.45, 7) is 8.94. The minimum absolute atomic E-state index is 0.320. The van der Waals surface area contributed by atoms with E-state index >= 15 is 0 Å². The summed E-state index contributed by atoms with van der Waals surface area (Å²) in [5, 5.41) is 0. The Labute approximate surface area is 98.6 Å². The molecule has 0 N–H and O–H groups in total. The molecule has 0 saturated heterocycles. The second-order valence-corrected chi connectivity index (χ2v) is 5.75. The van der Waals surface area contributed by atoms with E-state index < -0.39 is 0 Å². The van der Waals surface area contributed by atoms with Crippen molar-refractivity contribution in [3.8, 4) is 0 Å². The van der Waals surface area contributed by atoms with Crippen molar-refractivity contribution in [2.45, 2.75) is 46.0 Å². The minimum Gasteiger partial charge on any atom is -0.298 e. The summed E-state index contributed by atoms with van der Waals surface area (Å²) in [5.41, 5.74) is 2.75. The van der Waals surface area contributed by atoms with Gasteiger partial charge in [0, 0.05) is 0 Å². The number of hydrogen-bond donors (Lipinski definition) is 0. The third-order valence-corrected chi connectivity index (χ3v) is 4.72. The van der Waals surface area contributed by atoms with Crippen molar-refractivity contribution in [2.24, 2.45) is 17.3 Å². The molecule has 0 amide bonds. The molecule has 2 aliphatic carbocycles. The second kappa shape index (κ2) is 4.20. The molecule has 0 aliphatic heterocycles. The molecule has 1 nitrogen and oxygen atoms in total. The van der Waals surface area contributed by atoms with Crippen LogP contribution in [0.5, 0.6) is 0 Å². The molecule has 0 bridgehead atoms. The quantitative estimate of drug-likeness (QED) is 0.507. The van der Waals surface area contributed by atoms with Crippen LogP contribution in [0.15, 0.2) is 23.8 Å². The van der Waals surface area contributed by atoms with Gasteiger partial charge < -0.3 is 0 Å². The largest absolute Gasteiger partial charge is 0.298 e. The number of allylic oxidation sites excluding steroid dienone is 3. The highest BCUT2D eigenvalue weighted by molar-refractivity contribution is 5.73. The zero-order chi connectivity index (χ0) is 11.8. The first kappa shape index (κ1) is 11.6. The zero-order valence-electron chi connectivity index (χ0n) is 10.5. The maximum Gasteiger partial charge on any atom is 0.145 e. The first-order chi connectivity index (χ1) is 7.60. The average molecular weight is 218 g/mol. The van der Waals surface area contributed by atoms with Gasteiger partial charge in [0.2, 0.25) is 0 Å². The summed E-state index contributed by atoms with van der Waals surface area (Å²) in [6.07, 6.45) is 8.79. The molecule has 0 unspecified atom stereocenters. The molecule has 88 valence electrons. The first-order valence-electron chi connectivity index (χ1n) is 6.42. The molecule has 0 aromatic rings. The summed E-state index contributed by atoms with van der Waals surface area (Å²) in [6, 6.07) is 0. The number of hydrogen-bond acceptors (Lipinski definition) is 1. The Morgan fingerprint density at radius 3 is 2.75 bits per heavy atom. The fourth-order valence-corrected chi connectivity index (χ4v) is 3.74. The highest BCUT2D eigenvalue weighted by atomic mass is 16.1. The van der Waals surface area contributed by atoms with Gasteiger partial charge in [0.25, 0.3) is 0 Å². The smallest absolute Gasteiger partial charge is 0.145 e. The first-order valence-corrected chi connectivity index (χ1v) is 6.42. The van der Waals surface area contributed by atoms with E-state index in [1.54, 1.807) is 0 Å². The fraction of sp³-hybridized carbons (Fsp3) is 0.667. The third kappa shape index (κ3) is 1.66. The number of aldehydes is 1. The molecule has 0 radical (unpaired) electrons. The standard InChI is InChI=1S/C15H22O/c1-11(2)14-5-4-12(3)15(14)8-6-13(10-16)7-9-15/h6,10-11,14H,3-5,7-9H2,1-2H3/t14-,15-/m0/s1. The van der Waals surface area contributed by atoms with Crippen molar-refractivity contribution in [3.05, 3.63) is 23.8 Å². The molecule has 1 spiro atoms. The summed E-state index contributed by atoms with van der Waals surface area (Å²) in [5.74, 6) is 1.50.